The Bertz CT molecular complexity index is 753. The van der Waals surface area contributed by atoms with Crippen molar-refractivity contribution in [1.82, 2.24) is 15.2 Å². The lowest BCUT2D eigenvalue weighted by Crippen LogP contribution is -2.34. The van der Waals surface area contributed by atoms with Crippen LogP contribution >= 0.6 is 0 Å². The highest BCUT2D eigenvalue weighted by Crippen LogP contribution is 2.22. The van der Waals surface area contributed by atoms with E-state index in [4.69, 9.17) is 0 Å². The minimum atomic E-state index is -0.878. The number of halogens is 2. The highest BCUT2D eigenvalue weighted by atomic mass is 19.1. The molecule has 25 heavy (non-hydrogen) atoms. The normalized spacial score (nSPS) is 11.7. The van der Waals surface area contributed by atoms with Crippen LogP contribution in [0.15, 0.2) is 42.6 Å². The Balaban J connectivity index is 2.13. The summed E-state index contributed by atoms with van der Waals surface area (Å²) in [5, 5.41) is 2.54. The van der Waals surface area contributed by atoms with Crippen molar-refractivity contribution in [1.29, 1.82) is 0 Å². The van der Waals surface area contributed by atoms with Gasteiger partial charge in [0.15, 0.2) is 0 Å². The van der Waals surface area contributed by atoms with Crippen molar-refractivity contribution in [3.8, 4) is 0 Å². The summed E-state index contributed by atoms with van der Waals surface area (Å²) in [6.45, 7) is 1.56. The molecule has 0 aliphatic rings. The summed E-state index contributed by atoms with van der Waals surface area (Å²) in [5.74, 6) is -2.23. The van der Waals surface area contributed by atoms with Gasteiger partial charge in [0.05, 0.1) is 24.7 Å². The Morgan fingerprint density at radius 3 is 2.60 bits per heavy atom. The van der Waals surface area contributed by atoms with Crippen molar-refractivity contribution >= 4 is 11.8 Å². The van der Waals surface area contributed by atoms with Gasteiger partial charge in [-0.05, 0) is 18.2 Å². The summed E-state index contributed by atoms with van der Waals surface area (Å²) < 4.78 is 27.1. The average Bonchev–Trinajstić information content (AvgIpc) is 2.54. The first-order valence-electron chi connectivity index (χ1n) is 7.72. The lowest BCUT2D eigenvalue weighted by molar-refractivity contribution is -0.131. The summed E-state index contributed by atoms with van der Waals surface area (Å²) in [6, 6.07) is 7.55. The number of carbonyl (C=O) groups excluding carboxylic acids is 2. The van der Waals surface area contributed by atoms with Gasteiger partial charge < -0.3 is 10.2 Å². The third-order valence-corrected chi connectivity index (χ3v) is 3.65. The smallest absolute Gasteiger partial charge is 0.225 e. The maximum absolute atomic E-state index is 14.0. The first kappa shape index (κ1) is 18.5. The molecule has 0 aliphatic carbocycles. The van der Waals surface area contributed by atoms with E-state index in [0.717, 1.165) is 12.1 Å². The average molecular weight is 347 g/mol. The standard InChI is InChI=1S/C18H19F2N3O2/c1-12(24)22-17(15-7-6-13(19)9-16(15)20)10-18(25)23(2)11-14-5-3-4-8-21-14/h3-9,17H,10-11H2,1-2H3,(H,22,24). The van der Waals surface area contributed by atoms with Crippen molar-refractivity contribution in [2.45, 2.75) is 25.9 Å². The number of aromatic nitrogens is 1. The quantitative estimate of drug-likeness (QED) is 0.874. The third-order valence-electron chi connectivity index (χ3n) is 3.65. The molecule has 2 aromatic rings. The maximum Gasteiger partial charge on any atom is 0.225 e. The van der Waals surface area contributed by atoms with E-state index in [2.05, 4.69) is 10.3 Å². The van der Waals surface area contributed by atoms with Gasteiger partial charge in [0, 0.05) is 31.8 Å². The van der Waals surface area contributed by atoms with Crippen LogP contribution in [-0.2, 0) is 16.1 Å². The Labute approximate surface area is 144 Å². The van der Waals surface area contributed by atoms with E-state index in [1.165, 1.54) is 17.9 Å². The van der Waals surface area contributed by atoms with Gasteiger partial charge in [0.1, 0.15) is 11.6 Å². The Morgan fingerprint density at radius 2 is 2.00 bits per heavy atom. The predicted molar refractivity (Wildman–Crippen MR) is 88.2 cm³/mol. The van der Waals surface area contributed by atoms with Gasteiger partial charge in [0.25, 0.3) is 0 Å². The van der Waals surface area contributed by atoms with Crippen LogP contribution in [0.4, 0.5) is 8.78 Å². The van der Waals surface area contributed by atoms with Crippen molar-refractivity contribution in [3.05, 3.63) is 65.5 Å². The SMILES string of the molecule is CC(=O)NC(CC(=O)N(C)Cc1ccccn1)c1ccc(F)cc1F. The first-order chi connectivity index (χ1) is 11.9. The first-order valence-corrected chi connectivity index (χ1v) is 7.72. The molecule has 2 amide bonds. The minimum absolute atomic E-state index is 0.0659. The summed E-state index contributed by atoms with van der Waals surface area (Å²) >= 11 is 0. The van der Waals surface area contributed by atoms with E-state index >= 15 is 0 Å². The molecule has 5 nitrogen and oxygen atoms in total. The molecule has 0 fully saturated rings. The maximum atomic E-state index is 14.0. The molecule has 1 aromatic carbocycles. The fourth-order valence-electron chi connectivity index (χ4n) is 2.42. The molecular formula is C18H19F2N3O2. The molecule has 132 valence electrons. The number of nitrogens with zero attached hydrogens (tertiary/aromatic N) is 2. The number of carbonyl (C=O) groups is 2. The molecule has 1 N–H and O–H groups in total. The fourth-order valence-corrected chi connectivity index (χ4v) is 2.42. The van der Waals surface area contributed by atoms with Crippen LogP contribution in [-0.4, -0.2) is 28.7 Å². The number of pyridine rings is 1. The van der Waals surface area contributed by atoms with Gasteiger partial charge in [-0.1, -0.05) is 12.1 Å². The summed E-state index contributed by atoms with van der Waals surface area (Å²) in [7, 11) is 1.60. The topological polar surface area (TPSA) is 62.3 Å². The zero-order valence-electron chi connectivity index (χ0n) is 14.0. The van der Waals surface area contributed by atoms with E-state index in [0.29, 0.717) is 12.2 Å². The largest absolute Gasteiger partial charge is 0.349 e. The molecule has 0 aliphatic heterocycles. The fraction of sp³-hybridized carbons (Fsp3) is 0.278. The van der Waals surface area contributed by atoms with E-state index < -0.39 is 23.6 Å². The Morgan fingerprint density at radius 1 is 1.24 bits per heavy atom. The molecule has 1 aromatic heterocycles. The van der Waals surface area contributed by atoms with Crippen molar-refractivity contribution in [3.63, 3.8) is 0 Å². The van der Waals surface area contributed by atoms with E-state index in [9.17, 15) is 18.4 Å². The Kier molecular flexibility index (Phi) is 6.16. The van der Waals surface area contributed by atoms with Crippen LogP contribution < -0.4 is 5.32 Å². The predicted octanol–water partition coefficient (Wildman–Crippen LogP) is 2.59. The molecule has 1 unspecified atom stereocenters. The second-order valence-corrected chi connectivity index (χ2v) is 5.69. The number of hydrogen-bond donors (Lipinski definition) is 1. The highest BCUT2D eigenvalue weighted by Gasteiger charge is 2.22. The third kappa shape index (κ3) is 5.34. The molecule has 1 heterocycles. The summed E-state index contributed by atoms with van der Waals surface area (Å²) in [6.07, 6.45) is 1.48. The lowest BCUT2D eigenvalue weighted by Gasteiger charge is -2.22. The molecule has 0 saturated carbocycles. The van der Waals surface area contributed by atoms with Gasteiger partial charge in [-0.2, -0.15) is 0 Å². The van der Waals surface area contributed by atoms with Gasteiger partial charge in [0.2, 0.25) is 11.8 Å². The van der Waals surface area contributed by atoms with Gasteiger partial charge in [-0.3, -0.25) is 14.6 Å². The second kappa shape index (κ2) is 8.32. The van der Waals surface area contributed by atoms with Gasteiger partial charge in [-0.15, -0.1) is 0 Å². The highest BCUT2D eigenvalue weighted by molar-refractivity contribution is 5.79. The molecule has 0 bridgehead atoms. The second-order valence-electron chi connectivity index (χ2n) is 5.69. The molecule has 1 atom stereocenters. The van der Waals surface area contributed by atoms with Crippen LogP contribution in [0, 0.1) is 11.6 Å². The van der Waals surface area contributed by atoms with Crippen LogP contribution in [0.3, 0.4) is 0 Å². The van der Waals surface area contributed by atoms with Crippen molar-refractivity contribution in [2.75, 3.05) is 7.05 Å². The van der Waals surface area contributed by atoms with Crippen LogP contribution in [0.2, 0.25) is 0 Å². The monoisotopic (exact) mass is 347 g/mol. The van der Waals surface area contributed by atoms with Gasteiger partial charge >= 0.3 is 0 Å². The van der Waals surface area contributed by atoms with Gasteiger partial charge in [-0.25, -0.2) is 8.78 Å². The number of amides is 2. The zero-order valence-corrected chi connectivity index (χ0v) is 14.0. The Hall–Kier alpha value is -2.83. The number of nitrogens with one attached hydrogen (secondary N) is 1. The molecular weight excluding hydrogens is 328 g/mol. The summed E-state index contributed by atoms with van der Waals surface area (Å²) in [5.41, 5.74) is 0.776. The number of benzene rings is 1. The van der Waals surface area contributed by atoms with E-state index in [1.54, 1.807) is 25.4 Å². The minimum Gasteiger partial charge on any atom is -0.349 e. The number of hydrogen-bond acceptors (Lipinski definition) is 3. The van der Waals surface area contributed by atoms with E-state index in [1.807, 2.05) is 6.07 Å². The molecule has 0 saturated heterocycles. The van der Waals surface area contributed by atoms with Crippen LogP contribution in [0.1, 0.15) is 30.6 Å². The zero-order chi connectivity index (χ0) is 18.4. The van der Waals surface area contributed by atoms with Crippen LogP contribution in [0.5, 0.6) is 0 Å². The van der Waals surface area contributed by atoms with Crippen LogP contribution in [0.25, 0.3) is 0 Å². The molecule has 7 heteroatoms. The molecule has 2 rings (SSSR count). The molecule has 0 radical (unpaired) electrons. The molecule has 0 spiro atoms. The lowest BCUT2D eigenvalue weighted by atomic mass is 10.0. The van der Waals surface area contributed by atoms with E-state index in [-0.39, 0.29) is 17.9 Å². The summed E-state index contributed by atoms with van der Waals surface area (Å²) in [4.78, 5) is 29.4. The van der Waals surface area contributed by atoms with Crippen molar-refractivity contribution in [2.24, 2.45) is 0 Å². The number of rotatable bonds is 6. The van der Waals surface area contributed by atoms with Crippen molar-refractivity contribution < 1.29 is 18.4 Å².